The van der Waals surface area contributed by atoms with Gasteiger partial charge in [0.15, 0.2) is 11.5 Å². The van der Waals surface area contributed by atoms with Crippen LogP contribution in [0.2, 0.25) is 4.34 Å². The van der Waals surface area contributed by atoms with Gasteiger partial charge in [0, 0.05) is 5.56 Å². The maximum absolute atomic E-state index is 12.3. The number of thiophene rings is 1. The molecule has 0 unspecified atom stereocenters. The molecule has 7 heteroatoms. The van der Waals surface area contributed by atoms with Gasteiger partial charge in [-0.1, -0.05) is 24.9 Å². The Balaban J connectivity index is 1.75. The van der Waals surface area contributed by atoms with Gasteiger partial charge >= 0.3 is 0 Å². The molecule has 0 atom stereocenters. The summed E-state index contributed by atoms with van der Waals surface area (Å²) in [6.45, 7) is 2.24. The number of halogens is 1. The fourth-order valence-corrected chi connectivity index (χ4v) is 3.22. The fraction of sp³-hybridized carbons (Fsp3) is 0.250. The van der Waals surface area contributed by atoms with Crippen LogP contribution >= 0.6 is 22.9 Å². The van der Waals surface area contributed by atoms with Crippen molar-refractivity contribution in [3.05, 3.63) is 45.1 Å². The van der Waals surface area contributed by atoms with Crippen molar-refractivity contribution in [1.29, 1.82) is 0 Å². The minimum atomic E-state index is -0.292. The molecule has 0 saturated carbocycles. The lowest BCUT2D eigenvalue weighted by Crippen LogP contribution is -2.19. The molecule has 0 bridgehead atoms. The summed E-state index contributed by atoms with van der Waals surface area (Å²) in [7, 11) is 0. The summed E-state index contributed by atoms with van der Waals surface area (Å²) < 4.78 is 11.2. The van der Waals surface area contributed by atoms with Crippen LogP contribution in [0.1, 0.15) is 35.0 Å². The maximum Gasteiger partial charge on any atom is 0.271 e. The predicted octanol–water partition coefficient (Wildman–Crippen LogP) is 4.06. The van der Waals surface area contributed by atoms with Gasteiger partial charge in [-0.3, -0.25) is 4.79 Å². The molecule has 0 aliphatic carbocycles. The molecule has 0 saturated heterocycles. The van der Waals surface area contributed by atoms with Gasteiger partial charge < -0.3 is 9.47 Å². The Kier molecular flexibility index (Phi) is 4.83. The second kappa shape index (κ2) is 7.02. The van der Waals surface area contributed by atoms with Crippen LogP contribution in [0, 0.1) is 0 Å². The fourth-order valence-electron chi connectivity index (χ4n) is 2.16. The topological polar surface area (TPSA) is 59.9 Å². The summed E-state index contributed by atoms with van der Waals surface area (Å²) in [5, 5.41) is 4.26. The van der Waals surface area contributed by atoms with Crippen molar-refractivity contribution < 1.29 is 14.3 Å². The molecular formula is C16H15ClN2O3S. The van der Waals surface area contributed by atoms with Crippen LogP contribution in [0.5, 0.6) is 11.5 Å². The Morgan fingerprint density at radius 3 is 2.87 bits per heavy atom. The number of hydrogen-bond acceptors (Lipinski definition) is 5. The average molecular weight is 351 g/mol. The van der Waals surface area contributed by atoms with Crippen molar-refractivity contribution in [2.24, 2.45) is 5.10 Å². The lowest BCUT2D eigenvalue weighted by molar-refractivity contribution is 0.0954. The third kappa shape index (κ3) is 3.65. The van der Waals surface area contributed by atoms with Gasteiger partial charge in [0.1, 0.15) is 0 Å². The Labute approximate surface area is 142 Å². The van der Waals surface area contributed by atoms with E-state index < -0.39 is 0 Å². The highest BCUT2D eigenvalue weighted by Gasteiger charge is 2.16. The third-order valence-electron chi connectivity index (χ3n) is 3.27. The normalized spacial score (nSPS) is 13.2. The zero-order valence-electron chi connectivity index (χ0n) is 12.5. The van der Waals surface area contributed by atoms with E-state index in [1.54, 1.807) is 18.2 Å². The lowest BCUT2D eigenvalue weighted by Gasteiger charge is -2.05. The molecule has 23 heavy (non-hydrogen) atoms. The minimum absolute atomic E-state index is 0.179. The van der Waals surface area contributed by atoms with Gasteiger partial charge in [-0.15, -0.1) is 11.3 Å². The van der Waals surface area contributed by atoms with Gasteiger partial charge in [-0.25, -0.2) is 5.43 Å². The highest BCUT2D eigenvalue weighted by molar-refractivity contribution is 7.18. The molecule has 0 radical (unpaired) electrons. The summed E-state index contributed by atoms with van der Waals surface area (Å²) in [6.07, 6.45) is 1.69. The highest BCUT2D eigenvalue weighted by atomic mass is 35.5. The lowest BCUT2D eigenvalue weighted by atomic mass is 10.2. The van der Waals surface area contributed by atoms with Crippen LogP contribution in [0.25, 0.3) is 0 Å². The molecule has 0 fully saturated rings. The minimum Gasteiger partial charge on any atom is -0.454 e. The molecule has 1 aromatic heterocycles. The van der Waals surface area contributed by atoms with E-state index in [4.69, 9.17) is 21.1 Å². The van der Waals surface area contributed by atoms with Crippen molar-refractivity contribution in [2.75, 3.05) is 6.79 Å². The van der Waals surface area contributed by atoms with E-state index in [1.807, 2.05) is 12.1 Å². The summed E-state index contributed by atoms with van der Waals surface area (Å²) in [5.41, 5.74) is 3.89. The second-order valence-corrected chi connectivity index (χ2v) is 6.64. The number of amides is 1. The largest absolute Gasteiger partial charge is 0.454 e. The van der Waals surface area contributed by atoms with Crippen molar-refractivity contribution >= 4 is 34.6 Å². The SMILES string of the molecule is CCC/C(=N/NC(=O)c1ccc2c(c1)OCO2)c1ccc(Cl)s1. The first-order chi connectivity index (χ1) is 11.2. The molecule has 3 rings (SSSR count). The quantitative estimate of drug-likeness (QED) is 0.653. The average Bonchev–Trinajstić information content (AvgIpc) is 3.18. The van der Waals surface area contributed by atoms with Crippen LogP contribution in [0.15, 0.2) is 35.4 Å². The van der Waals surface area contributed by atoms with Crippen molar-refractivity contribution in [3.8, 4) is 11.5 Å². The molecule has 0 spiro atoms. The molecular weight excluding hydrogens is 336 g/mol. The van der Waals surface area contributed by atoms with Crippen molar-refractivity contribution in [1.82, 2.24) is 5.43 Å². The number of benzene rings is 1. The Hall–Kier alpha value is -2.05. The van der Waals surface area contributed by atoms with Gasteiger partial charge in [-0.05, 0) is 36.8 Å². The summed E-state index contributed by atoms with van der Waals surface area (Å²) in [4.78, 5) is 13.2. The number of carbonyl (C=O) groups is 1. The summed E-state index contributed by atoms with van der Waals surface area (Å²) in [6, 6.07) is 8.78. The Bertz CT molecular complexity index is 758. The van der Waals surface area contributed by atoms with E-state index in [1.165, 1.54) is 11.3 Å². The summed E-state index contributed by atoms with van der Waals surface area (Å²) in [5.74, 6) is 0.921. The van der Waals surface area contributed by atoms with E-state index in [0.717, 1.165) is 23.4 Å². The molecule has 120 valence electrons. The molecule has 2 aromatic rings. The van der Waals surface area contributed by atoms with Gasteiger partial charge in [0.2, 0.25) is 6.79 Å². The molecule has 1 amide bonds. The molecule has 1 N–H and O–H groups in total. The van der Waals surface area contributed by atoms with E-state index in [2.05, 4.69) is 17.5 Å². The van der Waals surface area contributed by atoms with Crippen LogP contribution in [-0.4, -0.2) is 18.4 Å². The second-order valence-electron chi connectivity index (χ2n) is 4.92. The number of ether oxygens (including phenoxy) is 2. The Morgan fingerprint density at radius 1 is 1.30 bits per heavy atom. The number of carbonyl (C=O) groups excluding carboxylic acids is 1. The summed E-state index contributed by atoms with van der Waals surface area (Å²) >= 11 is 7.41. The van der Waals surface area contributed by atoms with Crippen LogP contribution < -0.4 is 14.9 Å². The van der Waals surface area contributed by atoms with E-state index in [0.29, 0.717) is 21.4 Å². The van der Waals surface area contributed by atoms with Crippen molar-refractivity contribution in [2.45, 2.75) is 19.8 Å². The molecule has 1 aliphatic heterocycles. The number of hydrogen-bond donors (Lipinski definition) is 1. The zero-order valence-corrected chi connectivity index (χ0v) is 14.0. The van der Waals surface area contributed by atoms with E-state index in [-0.39, 0.29) is 12.7 Å². The standard InChI is InChI=1S/C16H15ClN2O3S/c1-2-3-11(14-6-7-15(17)23-14)18-19-16(20)10-4-5-12-13(8-10)22-9-21-12/h4-8H,2-3,9H2,1H3,(H,19,20)/b18-11-. The molecule has 1 aromatic carbocycles. The van der Waals surface area contributed by atoms with E-state index >= 15 is 0 Å². The molecule has 5 nitrogen and oxygen atoms in total. The number of hydrazone groups is 1. The Morgan fingerprint density at radius 2 is 2.13 bits per heavy atom. The molecule has 2 heterocycles. The number of nitrogens with one attached hydrogen (secondary N) is 1. The van der Waals surface area contributed by atoms with Crippen LogP contribution in [0.3, 0.4) is 0 Å². The first kappa shape index (κ1) is 15.8. The number of nitrogens with zero attached hydrogens (tertiary/aromatic N) is 1. The first-order valence-corrected chi connectivity index (χ1v) is 8.39. The smallest absolute Gasteiger partial charge is 0.271 e. The van der Waals surface area contributed by atoms with Gasteiger partial charge in [0.25, 0.3) is 5.91 Å². The number of fused-ring (bicyclic) bond motifs is 1. The van der Waals surface area contributed by atoms with Crippen molar-refractivity contribution in [3.63, 3.8) is 0 Å². The zero-order chi connectivity index (χ0) is 16.2. The molecule has 1 aliphatic rings. The monoisotopic (exact) mass is 350 g/mol. The van der Waals surface area contributed by atoms with Crippen LogP contribution in [-0.2, 0) is 0 Å². The highest BCUT2D eigenvalue weighted by Crippen LogP contribution is 2.32. The maximum atomic E-state index is 12.3. The van der Waals surface area contributed by atoms with Gasteiger partial charge in [0.05, 0.1) is 14.9 Å². The number of rotatable bonds is 5. The first-order valence-electron chi connectivity index (χ1n) is 7.19. The van der Waals surface area contributed by atoms with Gasteiger partial charge in [-0.2, -0.15) is 5.10 Å². The third-order valence-corrected chi connectivity index (χ3v) is 4.55. The predicted molar refractivity (Wildman–Crippen MR) is 90.8 cm³/mol. The van der Waals surface area contributed by atoms with E-state index in [9.17, 15) is 4.79 Å². The van der Waals surface area contributed by atoms with Crippen LogP contribution in [0.4, 0.5) is 0 Å².